The second-order valence-corrected chi connectivity index (χ2v) is 4.48. The first kappa shape index (κ1) is 12.5. The average Bonchev–Trinajstić information content (AvgIpc) is 2.36. The van der Waals surface area contributed by atoms with E-state index in [1.54, 1.807) is 6.33 Å². The molecule has 0 aliphatic carbocycles. The van der Waals surface area contributed by atoms with Crippen molar-refractivity contribution in [1.82, 2.24) is 9.97 Å². The molecule has 94 valence electrons. The van der Waals surface area contributed by atoms with Crippen molar-refractivity contribution in [2.24, 2.45) is 5.73 Å². The maximum absolute atomic E-state index is 11.5. The molecular formula is C14H17N3O. The summed E-state index contributed by atoms with van der Waals surface area (Å²) in [4.78, 5) is 19.9. The minimum atomic E-state index is -0.272. The van der Waals surface area contributed by atoms with Crippen LogP contribution < -0.4 is 5.73 Å². The molecule has 1 aromatic heterocycles. The van der Waals surface area contributed by atoms with E-state index in [9.17, 15) is 4.79 Å². The molecule has 0 aliphatic rings. The van der Waals surface area contributed by atoms with Gasteiger partial charge in [0.05, 0.1) is 11.4 Å². The number of fused-ring (bicyclic) bond motifs is 1. The van der Waals surface area contributed by atoms with Gasteiger partial charge in [-0.1, -0.05) is 19.4 Å². The van der Waals surface area contributed by atoms with Gasteiger partial charge in [0, 0.05) is 11.1 Å². The lowest BCUT2D eigenvalue weighted by Gasteiger charge is -2.13. The minimum absolute atomic E-state index is 0.223. The Morgan fingerprint density at radius 3 is 2.83 bits per heavy atom. The molecule has 0 spiro atoms. The lowest BCUT2D eigenvalue weighted by atomic mass is 9.92. The number of aromatic nitrogens is 2. The number of carbonyl (C=O) groups excluding carboxylic acids is 1. The zero-order chi connectivity index (χ0) is 13.1. The monoisotopic (exact) mass is 243 g/mol. The van der Waals surface area contributed by atoms with Crippen LogP contribution in [0.4, 0.5) is 0 Å². The van der Waals surface area contributed by atoms with Crippen molar-refractivity contribution < 1.29 is 4.79 Å². The largest absolute Gasteiger partial charge is 0.369 e. The highest BCUT2D eigenvalue weighted by Gasteiger charge is 2.17. The molecule has 2 aromatic rings. The Labute approximate surface area is 106 Å². The number of hydrogen-bond acceptors (Lipinski definition) is 3. The summed E-state index contributed by atoms with van der Waals surface area (Å²) in [5.74, 6) is -0.496. The fourth-order valence-electron chi connectivity index (χ4n) is 2.18. The van der Waals surface area contributed by atoms with Crippen LogP contribution in [-0.2, 0) is 4.79 Å². The molecule has 4 nitrogen and oxygen atoms in total. The third-order valence-corrected chi connectivity index (χ3v) is 3.18. The molecule has 1 aromatic carbocycles. The zero-order valence-corrected chi connectivity index (χ0v) is 10.7. The van der Waals surface area contributed by atoms with Gasteiger partial charge in [-0.05, 0) is 31.0 Å². The quantitative estimate of drug-likeness (QED) is 0.895. The average molecular weight is 243 g/mol. The predicted octanol–water partition coefficient (Wildman–Crippen LogP) is 2.31. The summed E-state index contributed by atoms with van der Waals surface area (Å²) >= 11 is 0. The third kappa shape index (κ3) is 2.32. The molecule has 0 radical (unpaired) electrons. The van der Waals surface area contributed by atoms with Crippen molar-refractivity contribution in [2.75, 3.05) is 0 Å². The smallest absolute Gasteiger partial charge is 0.224 e. The van der Waals surface area contributed by atoms with Crippen LogP contribution in [0.15, 0.2) is 24.5 Å². The van der Waals surface area contributed by atoms with Gasteiger partial charge in [0.15, 0.2) is 0 Å². The van der Waals surface area contributed by atoms with Crippen LogP contribution in [0.3, 0.4) is 0 Å². The number of hydrogen-bond donors (Lipinski definition) is 1. The van der Waals surface area contributed by atoms with Crippen LogP contribution in [0.1, 0.15) is 36.9 Å². The molecule has 2 rings (SSSR count). The summed E-state index contributed by atoms with van der Waals surface area (Å²) in [6.07, 6.45) is 3.25. The number of rotatable bonds is 4. The molecule has 1 amide bonds. The van der Waals surface area contributed by atoms with Crippen molar-refractivity contribution >= 4 is 16.8 Å². The molecule has 1 unspecified atom stereocenters. The molecule has 0 bridgehead atoms. The zero-order valence-electron chi connectivity index (χ0n) is 10.7. The SMILES string of the molecule is CCCC(C(N)=O)c1ccc2ncnc(C)c2c1. The third-order valence-electron chi connectivity index (χ3n) is 3.18. The van der Waals surface area contributed by atoms with E-state index in [2.05, 4.69) is 9.97 Å². The standard InChI is InChI=1S/C14H17N3O/c1-3-4-11(14(15)18)10-5-6-13-12(7-10)9(2)16-8-17-13/h5-8,11H,3-4H2,1-2H3,(H2,15,18). The van der Waals surface area contributed by atoms with Crippen LogP contribution in [-0.4, -0.2) is 15.9 Å². The number of aryl methyl sites for hydroxylation is 1. The Bertz CT molecular complexity index is 580. The molecule has 18 heavy (non-hydrogen) atoms. The Morgan fingerprint density at radius 1 is 1.39 bits per heavy atom. The second-order valence-electron chi connectivity index (χ2n) is 4.48. The molecule has 0 fully saturated rings. The first-order chi connectivity index (χ1) is 8.63. The normalized spacial score (nSPS) is 12.6. The van der Waals surface area contributed by atoms with Gasteiger partial charge in [-0.2, -0.15) is 0 Å². The molecule has 2 N–H and O–H groups in total. The first-order valence-corrected chi connectivity index (χ1v) is 6.14. The fraction of sp³-hybridized carbons (Fsp3) is 0.357. The predicted molar refractivity (Wildman–Crippen MR) is 71.1 cm³/mol. The van der Waals surface area contributed by atoms with Gasteiger partial charge >= 0.3 is 0 Å². The summed E-state index contributed by atoms with van der Waals surface area (Å²) in [5.41, 5.74) is 8.23. The van der Waals surface area contributed by atoms with Crippen LogP contribution >= 0.6 is 0 Å². The molecule has 4 heteroatoms. The lowest BCUT2D eigenvalue weighted by Crippen LogP contribution is -2.21. The summed E-state index contributed by atoms with van der Waals surface area (Å²) < 4.78 is 0. The van der Waals surface area contributed by atoms with Gasteiger partial charge in [0.1, 0.15) is 6.33 Å². The summed E-state index contributed by atoms with van der Waals surface area (Å²) in [6.45, 7) is 3.98. The highest BCUT2D eigenvalue weighted by Crippen LogP contribution is 2.25. The van der Waals surface area contributed by atoms with E-state index < -0.39 is 0 Å². The van der Waals surface area contributed by atoms with Crippen molar-refractivity contribution in [3.63, 3.8) is 0 Å². The Morgan fingerprint density at radius 2 is 2.17 bits per heavy atom. The Hall–Kier alpha value is -1.97. The highest BCUT2D eigenvalue weighted by molar-refractivity contribution is 5.86. The van der Waals surface area contributed by atoms with Gasteiger partial charge in [-0.3, -0.25) is 4.79 Å². The van der Waals surface area contributed by atoms with Crippen molar-refractivity contribution in [3.8, 4) is 0 Å². The summed E-state index contributed by atoms with van der Waals surface area (Å²) in [7, 11) is 0. The number of benzene rings is 1. The van der Waals surface area contributed by atoms with Gasteiger partial charge in [0.2, 0.25) is 5.91 Å². The van der Waals surface area contributed by atoms with Crippen molar-refractivity contribution in [1.29, 1.82) is 0 Å². The molecule has 0 aliphatic heterocycles. The summed E-state index contributed by atoms with van der Waals surface area (Å²) in [6, 6.07) is 5.83. The van der Waals surface area contributed by atoms with Crippen LogP contribution in [0.2, 0.25) is 0 Å². The van der Waals surface area contributed by atoms with Gasteiger partial charge in [-0.15, -0.1) is 0 Å². The number of nitrogens with zero attached hydrogens (tertiary/aromatic N) is 2. The number of primary amides is 1. The fourth-order valence-corrected chi connectivity index (χ4v) is 2.18. The van der Waals surface area contributed by atoms with Crippen molar-refractivity contribution in [2.45, 2.75) is 32.6 Å². The number of nitrogens with two attached hydrogens (primary N) is 1. The highest BCUT2D eigenvalue weighted by atomic mass is 16.1. The number of amides is 1. The molecule has 0 saturated heterocycles. The maximum atomic E-state index is 11.5. The number of carbonyl (C=O) groups is 1. The van der Waals surface area contributed by atoms with E-state index in [1.807, 2.05) is 32.0 Å². The minimum Gasteiger partial charge on any atom is -0.369 e. The Balaban J connectivity index is 2.51. The van der Waals surface area contributed by atoms with Gasteiger partial charge in [-0.25, -0.2) is 9.97 Å². The van der Waals surface area contributed by atoms with Crippen LogP contribution in [0.25, 0.3) is 10.9 Å². The molecule has 1 heterocycles. The first-order valence-electron chi connectivity index (χ1n) is 6.14. The molecule has 1 atom stereocenters. The van der Waals surface area contributed by atoms with Gasteiger partial charge in [0.25, 0.3) is 0 Å². The van der Waals surface area contributed by atoms with E-state index in [0.29, 0.717) is 0 Å². The van der Waals surface area contributed by atoms with E-state index >= 15 is 0 Å². The van der Waals surface area contributed by atoms with Crippen molar-refractivity contribution in [3.05, 3.63) is 35.8 Å². The Kier molecular flexibility index (Phi) is 3.55. The maximum Gasteiger partial charge on any atom is 0.224 e. The lowest BCUT2D eigenvalue weighted by molar-refractivity contribution is -0.119. The topological polar surface area (TPSA) is 68.9 Å². The van der Waals surface area contributed by atoms with E-state index in [1.165, 1.54) is 0 Å². The second kappa shape index (κ2) is 5.12. The van der Waals surface area contributed by atoms with Crippen LogP contribution in [0.5, 0.6) is 0 Å². The van der Waals surface area contributed by atoms with E-state index in [-0.39, 0.29) is 11.8 Å². The summed E-state index contributed by atoms with van der Waals surface area (Å²) in [5, 5.41) is 0.984. The van der Waals surface area contributed by atoms with Gasteiger partial charge < -0.3 is 5.73 Å². The van der Waals surface area contributed by atoms with E-state index in [4.69, 9.17) is 5.73 Å². The molecular weight excluding hydrogens is 226 g/mol. The van der Waals surface area contributed by atoms with E-state index in [0.717, 1.165) is 35.0 Å². The molecule has 0 saturated carbocycles. The van der Waals surface area contributed by atoms with Crippen LogP contribution in [0, 0.1) is 6.92 Å².